The third-order valence-corrected chi connectivity index (χ3v) is 6.19. The maximum absolute atomic E-state index is 12.4. The fourth-order valence-corrected chi connectivity index (χ4v) is 3.89. The van der Waals surface area contributed by atoms with E-state index >= 15 is 0 Å². The lowest BCUT2D eigenvalue weighted by Gasteiger charge is -2.31. The van der Waals surface area contributed by atoms with Crippen LogP contribution in [0.3, 0.4) is 0 Å². The molecular weight excluding hydrogens is 463 g/mol. The highest BCUT2D eigenvalue weighted by Crippen LogP contribution is 2.28. The molecule has 2 aromatic rings. The van der Waals surface area contributed by atoms with Gasteiger partial charge in [0.25, 0.3) is 5.91 Å². The van der Waals surface area contributed by atoms with Gasteiger partial charge in [-0.25, -0.2) is 4.79 Å². The summed E-state index contributed by atoms with van der Waals surface area (Å²) in [6, 6.07) is 13.9. The Balaban J connectivity index is 0.000000429. The van der Waals surface area contributed by atoms with Crippen molar-refractivity contribution in [3.63, 3.8) is 0 Å². The number of carbonyl (C=O) groups excluding carboxylic acids is 2. The molecule has 1 saturated heterocycles. The van der Waals surface area contributed by atoms with Gasteiger partial charge >= 0.3 is 12.1 Å². The van der Waals surface area contributed by atoms with E-state index in [0.717, 1.165) is 55.7 Å². The molecule has 7 nitrogen and oxygen atoms in total. The highest BCUT2D eigenvalue weighted by atomic mass is 19.4. The number of hydrogen-bond donors (Lipinski definition) is 3. The molecule has 2 amide bonds. The van der Waals surface area contributed by atoms with E-state index in [-0.39, 0.29) is 17.7 Å². The molecule has 190 valence electrons. The molecule has 2 aromatic carbocycles. The number of hydrogen-bond acceptors (Lipinski definition) is 4. The van der Waals surface area contributed by atoms with Gasteiger partial charge in [-0.2, -0.15) is 13.2 Å². The van der Waals surface area contributed by atoms with E-state index in [2.05, 4.69) is 15.5 Å². The summed E-state index contributed by atoms with van der Waals surface area (Å²) < 4.78 is 31.7. The molecule has 4 rings (SSSR count). The number of benzene rings is 2. The number of nitrogens with one attached hydrogen (secondary N) is 2. The second-order valence-corrected chi connectivity index (χ2v) is 8.93. The van der Waals surface area contributed by atoms with Crippen LogP contribution in [-0.4, -0.2) is 66.7 Å². The van der Waals surface area contributed by atoms with Crippen molar-refractivity contribution in [2.45, 2.75) is 31.9 Å². The van der Waals surface area contributed by atoms with Gasteiger partial charge in [0.05, 0.1) is 0 Å². The number of rotatable bonds is 7. The number of amides is 2. The van der Waals surface area contributed by atoms with Gasteiger partial charge in [-0.05, 0) is 67.6 Å². The fourth-order valence-electron chi connectivity index (χ4n) is 3.89. The maximum atomic E-state index is 12.4. The highest BCUT2D eigenvalue weighted by molar-refractivity contribution is 5.98. The summed E-state index contributed by atoms with van der Waals surface area (Å²) in [6.07, 6.45) is -0.725. The van der Waals surface area contributed by atoms with E-state index in [4.69, 9.17) is 9.90 Å². The Kier molecular flexibility index (Phi) is 9.08. The van der Waals surface area contributed by atoms with E-state index in [1.165, 1.54) is 12.8 Å². The Morgan fingerprint density at radius 3 is 2.17 bits per heavy atom. The Bertz CT molecular complexity index is 1030. The highest BCUT2D eigenvalue weighted by Gasteiger charge is 2.38. The summed E-state index contributed by atoms with van der Waals surface area (Å²) in [5.41, 5.74) is 0.699. The summed E-state index contributed by atoms with van der Waals surface area (Å²) in [7, 11) is 0. The number of alkyl halides is 3. The smallest absolute Gasteiger partial charge is 0.475 e. The molecular formula is C25H30F3N3O4. The number of carboxylic acids is 1. The van der Waals surface area contributed by atoms with E-state index in [0.29, 0.717) is 12.1 Å². The molecule has 1 aliphatic carbocycles. The number of likely N-dealkylation sites (tertiary alicyclic amines) is 1. The quantitative estimate of drug-likeness (QED) is 0.549. The molecule has 10 heteroatoms. The first-order valence-electron chi connectivity index (χ1n) is 11.7. The van der Waals surface area contributed by atoms with Crippen LogP contribution in [-0.2, 0) is 9.59 Å². The molecule has 1 heterocycles. The van der Waals surface area contributed by atoms with E-state index < -0.39 is 12.1 Å². The summed E-state index contributed by atoms with van der Waals surface area (Å²) in [6.45, 7) is 4.17. The minimum absolute atomic E-state index is 0.0277. The minimum Gasteiger partial charge on any atom is -0.475 e. The second-order valence-electron chi connectivity index (χ2n) is 8.93. The number of aliphatic carboxylic acids is 1. The molecule has 0 radical (unpaired) electrons. The van der Waals surface area contributed by atoms with Crippen molar-refractivity contribution < 1.29 is 32.7 Å². The molecule has 1 aliphatic heterocycles. The number of fused-ring (bicyclic) bond motifs is 1. The van der Waals surface area contributed by atoms with E-state index in [9.17, 15) is 22.8 Å². The molecule has 3 N–H and O–H groups in total. The van der Waals surface area contributed by atoms with Gasteiger partial charge in [-0.3, -0.25) is 9.59 Å². The SMILES string of the molecule is O=C(NCCN1CCC(C(=O)NCC2CC2)CC1)c1ccc2ccccc2c1.O=C(O)C(F)(F)F. The molecule has 0 unspecified atom stereocenters. The summed E-state index contributed by atoms with van der Waals surface area (Å²) in [5, 5.41) is 15.5. The molecule has 0 aromatic heterocycles. The number of halogens is 3. The summed E-state index contributed by atoms with van der Waals surface area (Å²) in [4.78, 5) is 35.9. The van der Waals surface area contributed by atoms with Gasteiger partial charge < -0.3 is 20.6 Å². The number of carboxylic acid groups (broad SMARTS) is 1. The number of piperidine rings is 1. The molecule has 0 bridgehead atoms. The van der Waals surface area contributed by atoms with E-state index in [1.807, 2.05) is 42.5 Å². The van der Waals surface area contributed by atoms with Crippen molar-refractivity contribution in [2.24, 2.45) is 11.8 Å². The Morgan fingerprint density at radius 2 is 1.57 bits per heavy atom. The predicted octanol–water partition coefficient (Wildman–Crippen LogP) is 3.44. The third kappa shape index (κ3) is 8.54. The second kappa shape index (κ2) is 12.0. The van der Waals surface area contributed by atoms with Crippen molar-refractivity contribution in [3.05, 3.63) is 48.0 Å². The fraction of sp³-hybridized carbons (Fsp3) is 0.480. The van der Waals surface area contributed by atoms with Gasteiger partial charge in [0, 0.05) is 31.1 Å². The lowest BCUT2D eigenvalue weighted by molar-refractivity contribution is -0.192. The Hall–Kier alpha value is -3.14. The van der Waals surface area contributed by atoms with Crippen molar-refractivity contribution in [1.82, 2.24) is 15.5 Å². The molecule has 35 heavy (non-hydrogen) atoms. The Morgan fingerprint density at radius 1 is 0.943 bits per heavy atom. The van der Waals surface area contributed by atoms with Crippen molar-refractivity contribution in [3.8, 4) is 0 Å². The lowest BCUT2D eigenvalue weighted by Crippen LogP contribution is -2.43. The van der Waals surface area contributed by atoms with Gasteiger partial charge in [0.1, 0.15) is 0 Å². The van der Waals surface area contributed by atoms with Crippen molar-refractivity contribution in [2.75, 3.05) is 32.7 Å². The average Bonchev–Trinajstić information content (AvgIpc) is 3.67. The summed E-state index contributed by atoms with van der Waals surface area (Å²) >= 11 is 0. The van der Waals surface area contributed by atoms with Crippen LogP contribution in [0, 0.1) is 11.8 Å². The van der Waals surface area contributed by atoms with Crippen LogP contribution in [0.4, 0.5) is 13.2 Å². The number of carbonyl (C=O) groups is 3. The third-order valence-electron chi connectivity index (χ3n) is 6.19. The summed E-state index contributed by atoms with van der Waals surface area (Å²) in [5.74, 6) is -1.67. The molecule has 2 fully saturated rings. The molecule has 1 saturated carbocycles. The first-order chi connectivity index (χ1) is 16.6. The predicted molar refractivity (Wildman–Crippen MR) is 125 cm³/mol. The minimum atomic E-state index is -5.08. The van der Waals surface area contributed by atoms with Crippen LogP contribution in [0.15, 0.2) is 42.5 Å². The molecule has 0 atom stereocenters. The van der Waals surface area contributed by atoms with Gasteiger partial charge in [-0.1, -0.05) is 30.3 Å². The normalized spacial score (nSPS) is 16.8. The maximum Gasteiger partial charge on any atom is 0.490 e. The zero-order valence-electron chi connectivity index (χ0n) is 19.3. The van der Waals surface area contributed by atoms with Crippen LogP contribution in [0.5, 0.6) is 0 Å². The van der Waals surface area contributed by atoms with Crippen molar-refractivity contribution >= 4 is 28.6 Å². The van der Waals surface area contributed by atoms with Gasteiger partial charge in [0.2, 0.25) is 5.91 Å². The average molecular weight is 494 g/mol. The first-order valence-corrected chi connectivity index (χ1v) is 11.7. The van der Waals surface area contributed by atoms with E-state index in [1.54, 1.807) is 0 Å². The lowest BCUT2D eigenvalue weighted by atomic mass is 9.96. The van der Waals surface area contributed by atoms with Crippen LogP contribution in [0.25, 0.3) is 10.8 Å². The van der Waals surface area contributed by atoms with Crippen LogP contribution in [0.2, 0.25) is 0 Å². The van der Waals surface area contributed by atoms with Crippen LogP contribution >= 0.6 is 0 Å². The van der Waals surface area contributed by atoms with Crippen LogP contribution < -0.4 is 10.6 Å². The van der Waals surface area contributed by atoms with Crippen molar-refractivity contribution in [1.29, 1.82) is 0 Å². The standard InChI is InChI=1S/C23H29N3O2.C2HF3O2/c27-22(25-16-17-5-6-17)19-9-12-26(13-10-19)14-11-24-23(28)21-8-7-18-3-1-2-4-20(18)15-21;3-2(4,5)1(6)7/h1-4,7-8,15,17,19H,5-6,9-14,16H2,(H,24,28)(H,25,27);(H,6,7). The zero-order chi connectivity index (χ0) is 25.4. The molecule has 0 spiro atoms. The topological polar surface area (TPSA) is 98.7 Å². The number of nitrogens with zero attached hydrogens (tertiary/aromatic N) is 1. The van der Waals surface area contributed by atoms with Gasteiger partial charge in [0.15, 0.2) is 0 Å². The Labute approximate surface area is 201 Å². The zero-order valence-corrected chi connectivity index (χ0v) is 19.3. The largest absolute Gasteiger partial charge is 0.490 e. The monoisotopic (exact) mass is 493 g/mol. The molecule has 2 aliphatic rings. The van der Waals surface area contributed by atoms with Crippen LogP contribution in [0.1, 0.15) is 36.0 Å². The first kappa shape index (κ1) is 26.5. The van der Waals surface area contributed by atoms with Gasteiger partial charge in [-0.15, -0.1) is 0 Å².